The molecule has 0 unspecified atom stereocenters. The zero-order chi connectivity index (χ0) is 18.7. The van der Waals surface area contributed by atoms with Crippen LogP contribution in [-0.2, 0) is 11.2 Å². The number of oxazole rings is 1. The van der Waals surface area contributed by atoms with Gasteiger partial charge in [0.1, 0.15) is 11.6 Å². The molecule has 0 aliphatic heterocycles. The van der Waals surface area contributed by atoms with E-state index in [0.29, 0.717) is 28.6 Å². The molecule has 26 heavy (non-hydrogen) atoms. The number of carbonyl (C=O) groups is 2. The molecule has 1 heterocycles. The van der Waals surface area contributed by atoms with E-state index in [-0.39, 0.29) is 23.7 Å². The maximum atomic E-state index is 13.0. The average molecular weight is 353 g/mol. The Morgan fingerprint density at radius 3 is 2.54 bits per heavy atom. The number of aryl methyl sites for hydroxylation is 1. The zero-order valence-electron chi connectivity index (χ0n) is 14.0. The Morgan fingerprint density at radius 1 is 1.15 bits per heavy atom. The van der Waals surface area contributed by atoms with Gasteiger partial charge >= 0.3 is 0 Å². The number of amides is 2. The van der Waals surface area contributed by atoms with E-state index in [4.69, 9.17) is 10.2 Å². The van der Waals surface area contributed by atoms with Gasteiger partial charge in [0, 0.05) is 5.56 Å². The van der Waals surface area contributed by atoms with Gasteiger partial charge in [0.15, 0.2) is 0 Å². The lowest BCUT2D eigenvalue weighted by molar-refractivity contribution is -0.115. The number of nitrogens with two attached hydrogens (primary N) is 1. The van der Waals surface area contributed by atoms with Gasteiger partial charge in [-0.2, -0.15) is 0 Å². The minimum atomic E-state index is -0.628. The van der Waals surface area contributed by atoms with Gasteiger partial charge in [-0.15, -0.1) is 0 Å². The van der Waals surface area contributed by atoms with Crippen LogP contribution in [0.4, 0.5) is 10.1 Å². The average Bonchev–Trinajstić information content (AvgIpc) is 2.96. The molecule has 0 bridgehead atoms. The second-order valence-electron chi connectivity index (χ2n) is 5.66. The molecule has 0 aliphatic carbocycles. The van der Waals surface area contributed by atoms with Crippen LogP contribution < -0.4 is 11.1 Å². The van der Waals surface area contributed by atoms with Gasteiger partial charge in [-0.3, -0.25) is 9.59 Å². The first-order valence-electron chi connectivity index (χ1n) is 7.85. The fourth-order valence-electron chi connectivity index (χ4n) is 2.46. The summed E-state index contributed by atoms with van der Waals surface area (Å²) >= 11 is 0. The van der Waals surface area contributed by atoms with E-state index in [0.717, 1.165) is 0 Å². The van der Waals surface area contributed by atoms with Crippen LogP contribution in [0.3, 0.4) is 0 Å². The second kappa shape index (κ2) is 7.18. The molecule has 0 aliphatic rings. The fraction of sp³-hybridized carbons (Fsp3) is 0.105. The van der Waals surface area contributed by atoms with Crippen LogP contribution >= 0.6 is 0 Å². The van der Waals surface area contributed by atoms with E-state index in [1.54, 1.807) is 37.3 Å². The minimum Gasteiger partial charge on any atom is -0.441 e. The van der Waals surface area contributed by atoms with Crippen LogP contribution in [0.15, 0.2) is 52.9 Å². The molecule has 2 aromatic carbocycles. The van der Waals surface area contributed by atoms with E-state index in [2.05, 4.69) is 10.3 Å². The monoisotopic (exact) mass is 353 g/mol. The van der Waals surface area contributed by atoms with Crippen molar-refractivity contribution in [3.05, 3.63) is 71.4 Å². The molecule has 3 N–H and O–H groups in total. The predicted octanol–water partition coefficient (Wildman–Crippen LogP) is 3.07. The summed E-state index contributed by atoms with van der Waals surface area (Å²) in [4.78, 5) is 28.0. The maximum absolute atomic E-state index is 13.0. The topological polar surface area (TPSA) is 98.2 Å². The second-order valence-corrected chi connectivity index (χ2v) is 5.66. The third-order valence-electron chi connectivity index (χ3n) is 3.78. The summed E-state index contributed by atoms with van der Waals surface area (Å²) < 4.78 is 18.6. The highest BCUT2D eigenvalue weighted by atomic mass is 19.1. The van der Waals surface area contributed by atoms with Gasteiger partial charge in [0.2, 0.25) is 11.8 Å². The Labute approximate surface area is 148 Å². The van der Waals surface area contributed by atoms with Gasteiger partial charge in [-0.25, -0.2) is 9.37 Å². The van der Waals surface area contributed by atoms with Crippen molar-refractivity contribution in [3.8, 4) is 11.5 Å². The van der Waals surface area contributed by atoms with Crippen LogP contribution in [0.2, 0.25) is 0 Å². The predicted molar refractivity (Wildman–Crippen MR) is 93.9 cm³/mol. The molecule has 2 amide bonds. The van der Waals surface area contributed by atoms with Crippen molar-refractivity contribution < 1.29 is 18.4 Å². The van der Waals surface area contributed by atoms with Crippen molar-refractivity contribution >= 4 is 17.5 Å². The summed E-state index contributed by atoms with van der Waals surface area (Å²) in [6.45, 7) is 1.69. The molecule has 0 atom stereocenters. The SMILES string of the molecule is Cc1oc(-c2ccc(F)cc2)nc1CC(=O)Nc1ccccc1C(N)=O. The van der Waals surface area contributed by atoms with Crippen molar-refractivity contribution in [2.24, 2.45) is 5.73 Å². The number of rotatable bonds is 5. The first-order valence-corrected chi connectivity index (χ1v) is 7.85. The number of primary amides is 1. The van der Waals surface area contributed by atoms with Crippen LogP contribution in [-0.4, -0.2) is 16.8 Å². The molecule has 0 spiro atoms. The zero-order valence-corrected chi connectivity index (χ0v) is 14.0. The molecule has 0 fully saturated rings. The Balaban J connectivity index is 1.76. The molecule has 0 radical (unpaired) electrons. The molecular weight excluding hydrogens is 337 g/mol. The maximum Gasteiger partial charge on any atom is 0.250 e. The summed E-state index contributed by atoms with van der Waals surface area (Å²) in [6.07, 6.45) is -0.0381. The fourth-order valence-corrected chi connectivity index (χ4v) is 2.46. The number of para-hydroxylation sites is 1. The lowest BCUT2D eigenvalue weighted by Crippen LogP contribution is -2.19. The third kappa shape index (κ3) is 3.77. The number of nitrogens with zero attached hydrogens (tertiary/aromatic N) is 1. The normalized spacial score (nSPS) is 10.5. The Bertz CT molecular complexity index is 964. The summed E-state index contributed by atoms with van der Waals surface area (Å²) in [5.41, 5.74) is 6.93. The van der Waals surface area contributed by atoms with Gasteiger partial charge in [-0.05, 0) is 43.3 Å². The molecule has 7 heteroatoms. The molecule has 6 nitrogen and oxygen atoms in total. The number of carbonyl (C=O) groups excluding carboxylic acids is 2. The number of halogens is 1. The van der Waals surface area contributed by atoms with E-state index in [1.807, 2.05) is 0 Å². The standard InChI is InChI=1S/C19H16FN3O3/c1-11-16(23-19(26-11)12-6-8-13(20)9-7-12)10-17(24)22-15-5-3-2-4-14(15)18(21)25/h2-9H,10H2,1H3,(H2,21,25)(H,22,24). The molecule has 0 saturated carbocycles. The molecule has 132 valence electrons. The Kier molecular flexibility index (Phi) is 4.79. The van der Waals surface area contributed by atoms with Gasteiger partial charge in [0.25, 0.3) is 5.91 Å². The number of aromatic nitrogens is 1. The van der Waals surface area contributed by atoms with E-state index in [1.165, 1.54) is 18.2 Å². The number of hydrogen-bond acceptors (Lipinski definition) is 4. The van der Waals surface area contributed by atoms with Crippen LogP contribution in [0.5, 0.6) is 0 Å². The lowest BCUT2D eigenvalue weighted by Gasteiger charge is -2.08. The first-order chi connectivity index (χ1) is 12.4. The van der Waals surface area contributed by atoms with Crippen LogP contribution in [0, 0.1) is 12.7 Å². The third-order valence-corrected chi connectivity index (χ3v) is 3.78. The summed E-state index contributed by atoms with van der Waals surface area (Å²) in [5, 5.41) is 2.65. The summed E-state index contributed by atoms with van der Waals surface area (Å²) in [7, 11) is 0. The van der Waals surface area contributed by atoms with Crippen LogP contribution in [0.1, 0.15) is 21.8 Å². The summed E-state index contributed by atoms with van der Waals surface area (Å²) in [6, 6.07) is 12.2. The van der Waals surface area contributed by atoms with E-state index < -0.39 is 5.91 Å². The largest absolute Gasteiger partial charge is 0.441 e. The van der Waals surface area contributed by atoms with Gasteiger partial charge in [-0.1, -0.05) is 12.1 Å². The Hall–Kier alpha value is -3.48. The summed E-state index contributed by atoms with van der Waals surface area (Å²) in [5.74, 6) is -0.548. The van der Waals surface area contributed by atoms with E-state index in [9.17, 15) is 14.0 Å². The molecule has 0 saturated heterocycles. The van der Waals surface area contributed by atoms with Crippen molar-refractivity contribution in [1.82, 2.24) is 4.98 Å². The highest BCUT2D eigenvalue weighted by Crippen LogP contribution is 2.23. The molecular formula is C19H16FN3O3. The van der Waals surface area contributed by atoms with Crippen LogP contribution in [0.25, 0.3) is 11.5 Å². The van der Waals surface area contributed by atoms with E-state index >= 15 is 0 Å². The first kappa shape index (κ1) is 17.3. The molecule has 3 aromatic rings. The van der Waals surface area contributed by atoms with Gasteiger partial charge in [0.05, 0.1) is 23.4 Å². The number of anilines is 1. The quantitative estimate of drug-likeness (QED) is 0.736. The highest BCUT2D eigenvalue weighted by Gasteiger charge is 2.16. The van der Waals surface area contributed by atoms with Crippen molar-refractivity contribution in [2.75, 3.05) is 5.32 Å². The number of benzene rings is 2. The number of nitrogens with one attached hydrogen (secondary N) is 1. The lowest BCUT2D eigenvalue weighted by atomic mass is 10.1. The molecule has 3 rings (SSSR count). The van der Waals surface area contributed by atoms with Gasteiger partial charge < -0.3 is 15.5 Å². The molecule has 1 aromatic heterocycles. The smallest absolute Gasteiger partial charge is 0.250 e. The number of hydrogen-bond donors (Lipinski definition) is 2. The van der Waals surface area contributed by atoms with Crippen molar-refractivity contribution in [1.29, 1.82) is 0 Å². The highest BCUT2D eigenvalue weighted by molar-refractivity contribution is 6.03. The van der Waals surface area contributed by atoms with Crippen molar-refractivity contribution in [3.63, 3.8) is 0 Å². The van der Waals surface area contributed by atoms with Crippen molar-refractivity contribution in [2.45, 2.75) is 13.3 Å². The minimum absolute atomic E-state index is 0.0381. The Morgan fingerprint density at radius 2 is 1.85 bits per heavy atom.